The number of unbranched alkanes of at least 4 members (excludes halogenated alkanes) is 12. The van der Waals surface area contributed by atoms with E-state index in [1.807, 2.05) is 21.1 Å². The van der Waals surface area contributed by atoms with Crippen LogP contribution in [0.15, 0.2) is 0 Å². The highest BCUT2D eigenvalue weighted by Crippen LogP contribution is 2.43. The van der Waals surface area contributed by atoms with E-state index in [2.05, 4.69) is 6.92 Å². The molecule has 0 aromatic heterocycles. The zero-order valence-corrected chi connectivity index (χ0v) is 22.5. The minimum Gasteiger partial charge on any atom is -0.463 e. The number of aliphatic hydroxyl groups excluding tert-OH is 1. The first-order valence-corrected chi connectivity index (χ1v) is 14.3. The van der Waals surface area contributed by atoms with Crippen LogP contribution in [0.25, 0.3) is 0 Å². The molecule has 2 atom stereocenters. The second-order valence-electron chi connectivity index (χ2n) is 9.94. The maximum atomic E-state index is 11.8. The fourth-order valence-corrected chi connectivity index (χ4v) is 3.99. The number of likely N-dealkylation sites (N-methyl/N-ethyl adjacent to an activating group) is 1. The Hall–Kier alpha value is -0.500. The Bertz CT molecular complexity index is 525. The topological polar surface area (TPSA) is 102 Å². The van der Waals surface area contributed by atoms with Gasteiger partial charge in [-0.1, -0.05) is 84.0 Å². The predicted molar refractivity (Wildman–Crippen MR) is 132 cm³/mol. The summed E-state index contributed by atoms with van der Waals surface area (Å²) in [6.45, 7) is 2.13. The first-order chi connectivity index (χ1) is 15.6. The molecular formula is C24H51NO7P+. The molecule has 0 aliphatic heterocycles. The molecule has 2 unspecified atom stereocenters. The standard InChI is InChI=1S/C24H50NO7P/c1-5-6-7-8-9-10-11-12-13-14-15-16-17-18-24(27)30-21-23(26)22-32-33(28,29)31-20-19-25(2,3)4/h23,26H,5-22H2,1-4H3/p+1. The lowest BCUT2D eigenvalue weighted by Crippen LogP contribution is -2.37. The van der Waals surface area contributed by atoms with Gasteiger partial charge in [-0.25, -0.2) is 4.57 Å². The van der Waals surface area contributed by atoms with Crippen molar-refractivity contribution in [3.8, 4) is 0 Å². The zero-order valence-electron chi connectivity index (χ0n) is 21.6. The number of carbonyl (C=O) groups is 1. The quantitative estimate of drug-likeness (QED) is 0.0866. The van der Waals surface area contributed by atoms with Gasteiger partial charge in [0.1, 0.15) is 25.9 Å². The Morgan fingerprint density at radius 2 is 1.30 bits per heavy atom. The monoisotopic (exact) mass is 496 g/mol. The first kappa shape index (κ1) is 32.5. The lowest BCUT2D eigenvalue weighted by molar-refractivity contribution is -0.870. The van der Waals surface area contributed by atoms with Crippen LogP contribution in [0.1, 0.15) is 96.8 Å². The second-order valence-corrected chi connectivity index (χ2v) is 11.4. The molecule has 0 fully saturated rings. The van der Waals surface area contributed by atoms with E-state index in [1.165, 1.54) is 64.2 Å². The van der Waals surface area contributed by atoms with Crippen LogP contribution in [0.4, 0.5) is 0 Å². The van der Waals surface area contributed by atoms with Gasteiger partial charge in [-0.05, 0) is 6.42 Å². The van der Waals surface area contributed by atoms with Crippen molar-refractivity contribution >= 4 is 13.8 Å². The summed E-state index contributed by atoms with van der Waals surface area (Å²) in [5.41, 5.74) is 0. The maximum Gasteiger partial charge on any atom is 0.472 e. The van der Waals surface area contributed by atoms with Crippen LogP contribution in [-0.4, -0.2) is 74.1 Å². The van der Waals surface area contributed by atoms with Crippen LogP contribution in [0.2, 0.25) is 0 Å². The van der Waals surface area contributed by atoms with Gasteiger partial charge in [-0.3, -0.25) is 13.8 Å². The van der Waals surface area contributed by atoms with E-state index in [-0.39, 0.29) is 19.2 Å². The number of phosphoric ester groups is 1. The summed E-state index contributed by atoms with van der Waals surface area (Å²) in [5, 5.41) is 9.81. The third-order valence-corrected chi connectivity index (χ3v) is 6.35. The molecule has 2 N–H and O–H groups in total. The summed E-state index contributed by atoms with van der Waals surface area (Å²) >= 11 is 0. The Balaban J connectivity index is 3.57. The van der Waals surface area contributed by atoms with Crippen molar-refractivity contribution in [2.75, 3.05) is 47.5 Å². The van der Waals surface area contributed by atoms with Crippen LogP contribution < -0.4 is 0 Å². The molecule has 0 bridgehead atoms. The molecular weight excluding hydrogens is 445 g/mol. The molecule has 0 radical (unpaired) electrons. The van der Waals surface area contributed by atoms with Crippen molar-refractivity contribution in [3.05, 3.63) is 0 Å². The first-order valence-electron chi connectivity index (χ1n) is 12.8. The second kappa shape index (κ2) is 19.8. The highest BCUT2D eigenvalue weighted by molar-refractivity contribution is 7.47. The SMILES string of the molecule is CCCCCCCCCCCCCCCC(=O)OCC(O)COP(=O)(O)OCC[N+](C)(C)C. The highest BCUT2D eigenvalue weighted by atomic mass is 31.2. The fourth-order valence-electron chi connectivity index (χ4n) is 3.24. The minimum absolute atomic E-state index is 0.0570. The van der Waals surface area contributed by atoms with Crippen molar-refractivity contribution in [1.29, 1.82) is 0 Å². The van der Waals surface area contributed by atoms with E-state index in [9.17, 15) is 19.4 Å². The molecule has 33 heavy (non-hydrogen) atoms. The van der Waals surface area contributed by atoms with E-state index in [1.54, 1.807) is 0 Å². The maximum absolute atomic E-state index is 11.8. The molecule has 0 amide bonds. The lowest BCUT2D eigenvalue weighted by atomic mass is 10.0. The van der Waals surface area contributed by atoms with Gasteiger partial charge in [0.25, 0.3) is 0 Å². The molecule has 0 aliphatic carbocycles. The summed E-state index contributed by atoms with van der Waals surface area (Å²) < 4.78 is 27.0. The van der Waals surface area contributed by atoms with Crippen LogP contribution in [0.3, 0.4) is 0 Å². The van der Waals surface area contributed by atoms with E-state index < -0.39 is 20.5 Å². The Morgan fingerprint density at radius 3 is 1.79 bits per heavy atom. The van der Waals surface area contributed by atoms with E-state index >= 15 is 0 Å². The van der Waals surface area contributed by atoms with Crippen LogP contribution in [-0.2, 0) is 23.1 Å². The number of nitrogens with zero attached hydrogens (tertiary/aromatic N) is 1. The molecule has 9 heteroatoms. The Morgan fingerprint density at radius 1 is 0.818 bits per heavy atom. The van der Waals surface area contributed by atoms with E-state index in [4.69, 9.17) is 13.8 Å². The van der Waals surface area contributed by atoms with Gasteiger partial charge < -0.3 is 19.2 Å². The smallest absolute Gasteiger partial charge is 0.463 e. The van der Waals surface area contributed by atoms with E-state index in [0.717, 1.165) is 19.3 Å². The third kappa shape index (κ3) is 24.4. The highest BCUT2D eigenvalue weighted by Gasteiger charge is 2.24. The molecule has 198 valence electrons. The van der Waals surface area contributed by atoms with Gasteiger partial charge in [0, 0.05) is 6.42 Å². The van der Waals surface area contributed by atoms with Gasteiger partial charge in [-0.15, -0.1) is 0 Å². The van der Waals surface area contributed by atoms with Gasteiger partial charge in [0.05, 0.1) is 27.7 Å². The Kier molecular flexibility index (Phi) is 19.5. The third-order valence-electron chi connectivity index (χ3n) is 5.37. The average molecular weight is 497 g/mol. The molecule has 0 aromatic carbocycles. The van der Waals surface area contributed by atoms with Crippen molar-refractivity contribution < 1.29 is 37.6 Å². The normalized spacial score (nSPS) is 14.7. The fraction of sp³-hybridized carbons (Fsp3) is 0.958. The van der Waals surface area contributed by atoms with Gasteiger partial charge in [-0.2, -0.15) is 0 Å². The minimum atomic E-state index is -4.23. The molecule has 0 aliphatic rings. The number of rotatable bonds is 23. The Labute approximate surface area is 202 Å². The van der Waals surface area contributed by atoms with E-state index in [0.29, 0.717) is 17.4 Å². The summed E-state index contributed by atoms with van der Waals surface area (Å²) in [6, 6.07) is 0. The van der Waals surface area contributed by atoms with Gasteiger partial charge >= 0.3 is 13.8 Å². The molecule has 0 aromatic rings. The van der Waals surface area contributed by atoms with Gasteiger partial charge in [0.15, 0.2) is 0 Å². The van der Waals surface area contributed by atoms with Crippen molar-refractivity contribution in [1.82, 2.24) is 0 Å². The number of hydrogen-bond acceptors (Lipinski definition) is 6. The van der Waals surface area contributed by atoms with Crippen LogP contribution in [0, 0.1) is 0 Å². The summed E-state index contributed by atoms with van der Waals surface area (Å²) in [6.07, 6.45) is 15.3. The molecule has 0 saturated heterocycles. The molecule has 0 heterocycles. The predicted octanol–water partition coefficient (Wildman–Crippen LogP) is 5.21. The molecule has 0 spiro atoms. The zero-order chi connectivity index (χ0) is 25.0. The number of phosphoric acid groups is 1. The summed E-state index contributed by atoms with van der Waals surface area (Å²) in [5.74, 6) is -0.372. The molecule has 8 nitrogen and oxygen atoms in total. The number of quaternary nitrogens is 1. The van der Waals surface area contributed by atoms with Crippen molar-refractivity contribution in [2.45, 2.75) is 103 Å². The number of hydrogen-bond donors (Lipinski definition) is 2. The molecule has 0 rings (SSSR count). The van der Waals surface area contributed by atoms with Crippen LogP contribution in [0.5, 0.6) is 0 Å². The average Bonchev–Trinajstić information content (AvgIpc) is 2.73. The number of ether oxygens (including phenoxy) is 1. The summed E-state index contributed by atoms with van der Waals surface area (Å²) in [4.78, 5) is 21.4. The van der Waals surface area contributed by atoms with Crippen molar-refractivity contribution in [3.63, 3.8) is 0 Å². The van der Waals surface area contributed by atoms with Gasteiger partial charge in [0.2, 0.25) is 0 Å². The van der Waals surface area contributed by atoms with Crippen LogP contribution >= 0.6 is 7.82 Å². The number of aliphatic hydroxyl groups is 1. The summed E-state index contributed by atoms with van der Waals surface area (Å²) in [7, 11) is 1.57. The number of carbonyl (C=O) groups excluding carboxylic acids is 1. The largest absolute Gasteiger partial charge is 0.472 e. The number of esters is 1. The molecule has 0 saturated carbocycles. The lowest BCUT2D eigenvalue weighted by Gasteiger charge is -2.24. The van der Waals surface area contributed by atoms with Crippen molar-refractivity contribution in [2.24, 2.45) is 0 Å².